The number of nitrogens with zero attached hydrogens (tertiary/aromatic N) is 6. The molecule has 2 heterocycles. The molecule has 0 saturated carbocycles. The number of rotatable bonds is 10. The van der Waals surface area contributed by atoms with Crippen molar-refractivity contribution in [2.24, 2.45) is 0 Å². The van der Waals surface area contributed by atoms with E-state index in [4.69, 9.17) is 9.72 Å². The lowest BCUT2D eigenvalue weighted by atomic mass is 10.1. The molecule has 40 heavy (non-hydrogen) atoms. The maximum Gasteiger partial charge on any atom is 0.269 e. The zero-order valence-electron chi connectivity index (χ0n) is 22.2. The molecule has 4 aromatic rings. The van der Waals surface area contributed by atoms with Gasteiger partial charge in [0.05, 0.1) is 18.6 Å². The van der Waals surface area contributed by atoms with Crippen LogP contribution in [0.3, 0.4) is 0 Å². The molecule has 11 heteroatoms. The zero-order valence-corrected chi connectivity index (χ0v) is 23.0. The first-order valence-electron chi connectivity index (χ1n) is 13.0. The molecule has 1 saturated heterocycles. The van der Waals surface area contributed by atoms with Crippen molar-refractivity contribution in [3.8, 4) is 5.75 Å². The van der Waals surface area contributed by atoms with E-state index in [0.29, 0.717) is 50.1 Å². The van der Waals surface area contributed by atoms with Crippen LogP contribution in [0.2, 0.25) is 0 Å². The molecule has 206 valence electrons. The number of anilines is 2. The third kappa shape index (κ3) is 6.73. The second kappa shape index (κ2) is 12.6. The molecule has 0 bridgehead atoms. The summed E-state index contributed by atoms with van der Waals surface area (Å²) in [4.78, 5) is 34.8. The van der Waals surface area contributed by atoms with Crippen molar-refractivity contribution in [3.05, 3.63) is 106 Å². The molecule has 0 spiro atoms. The van der Waals surface area contributed by atoms with Gasteiger partial charge in [-0.25, -0.2) is 4.98 Å². The molecule has 0 unspecified atom stereocenters. The number of hydrogen-bond donors (Lipinski definition) is 0. The maximum atomic E-state index is 13.4. The van der Waals surface area contributed by atoms with E-state index in [2.05, 4.69) is 9.27 Å². The van der Waals surface area contributed by atoms with E-state index in [9.17, 15) is 14.9 Å². The van der Waals surface area contributed by atoms with Crippen LogP contribution in [0.25, 0.3) is 0 Å². The van der Waals surface area contributed by atoms with Crippen LogP contribution < -0.4 is 14.5 Å². The quantitative estimate of drug-likeness (QED) is 0.208. The predicted octanol–water partition coefficient (Wildman–Crippen LogP) is 4.40. The van der Waals surface area contributed by atoms with Crippen molar-refractivity contribution in [1.29, 1.82) is 0 Å². The van der Waals surface area contributed by atoms with Crippen molar-refractivity contribution in [2.45, 2.75) is 13.0 Å². The number of aromatic nitrogens is 2. The second-order valence-electron chi connectivity index (χ2n) is 9.50. The lowest BCUT2D eigenvalue weighted by Gasteiger charge is -2.37. The number of nitro groups is 1. The van der Waals surface area contributed by atoms with Crippen LogP contribution in [0.4, 0.5) is 16.5 Å². The van der Waals surface area contributed by atoms with Crippen LogP contribution >= 0.6 is 11.5 Å². The molecule has 1 fully saturated rings. The molecule has 0 aliphatic carbocycles. The highest BCUT2D eigenvalue weighted by Gasteiger charge is 2.25. The Morgan fingerprint density at radius 2 is 1.73 bits per heavy atom. The summed E-state index contributed by atoms with van der Waals surface area (Å²) < 4.78 is 9.92. The molecule has 1 aliphatic heterocycles. The minimum absolute atomic E-state index is 0.0313. The van der Waals surface area contributed by atoms with E-state index in [1.165, 1.54) is 23.7 Å². The van der Waals surface area contributed by atoms with Crippen LogP contribution in [-0.2, 0) is 17.8 Å². The summed E-state index contributed by atoms with van der Waals surface area (Å²) in [5.74, 6) is 1.53. The molecular formula is C29H30N6O4S. The molecular weight excluding hydrogens is 528 g/mol. The molecule has 5 rings (SSSR count). The van der Waals surface area contributed by atoms with Crippen molar-refractivity contribution >= 4 is 33.9 Å². The van der Waals surface area contributed by atoms with E-state index in [-0.39, 0.29) is 18.1 Å². The lowest BCUT2D eigenvalue weighted by molar-refractivity contribution is -0.384. The Hall–Kier alpha value is -4.51. The van der Waals surface area contributed by atoms with E-state index in [1.54, 1.807) is 19.2 Å². The minimum Gasteiger partial charge on any atom is -0.497 e. The first kappa shape index (κ1) is 27.1. The standard InChI is InChI=1S/C29H30N6O4S/c1-39-26-9-5-8-23(18-26)19-27-30-29(40-31-27)34(20-22-6-3-2-4-7-22)21-28(36)33-16-14-32(15-17-33)24-10-12-25(13-11-24)35(37)38/h2-13,18H,14-17,19-21H2,1H3. The topological polar surface area (TPSA) is 105 Å². The molecule has 10 nitrogen and oxygen atoms in total. The van der Waals surface area contributed by atoms with E-state index in [1.807, 2.05) is 64.4 Å². The summed E-state index contributed by atoms with van der Waals surface area (Å²) in [6, 6.07) is 24.4. The Morgan fingerprint density at radius 1 is 1.00 bits per heavy atom. The monoisotopic (exact) mass is 558 g/mol. The summed E-state index contributed by atoms with van der Waals surface area (Å²) in [6.45, 7) is 3.21. The molecule has 0 radical (unpaired) electrons. The number of carbonyl (C=O) groups is 1. The number of piperazine rings is 1. The number of non-ortho nitro benzene ring substituents is 1. The van der Waals surface area contributed by atoms with Crippen LogP contribution in [0.15, 0.2) is 78.9 Å². The smallest absolute Gasteiger partial charge is 0.269 e. The maximum absolute atomic E-state index is 13.4. The minimum atomic E-state index is -0.401. The van der Waals surface area contributed by atoms with Crippen LogP contribution in [-0.4, -0.2) is 64.9 Å². The Balaban J connectivity index is 1.25. The van der Waals surface area contributed by atoms with Crippen LogP contribution in [0.1, 0.15) is 17.0 Å². The molecule has 3 aromatic carbocycles. The predicted molar refractivity (Wildman–Crippen MR) is 155 cm³/mol. The highest BCUT2D eigenvalue weighted by Crippen LogP contribution is 2.24. The third-order valence-electron chi connectivity index (χ3n) is 6.82. The molecule has 1 aromatic heterocycles. The Labute approximate surface area is 236 Å². The number of amides is 1. The highest BCUT2D eigenvalue weighted by molar-refractivity contribution is 7.09. The van der Waals surface area contributed by atoms with Gasteiger partial charge in [-0.1, -0.05) is 42.5 Å². The van der Waals surface area contributed by atoms with Gasteiger partial charge in [-0.2, -0.15) is 4.37 Å². The van der Waals surface area contributed by atoms with Gasteiger partial charge in [0, 0.05) is 68.5 Å². The lowest BCUT2D eigenvalue weighted by Crippen LogP contribution is -2.51. The largest absolute Gasteiger partial charge is 0.497 e. The van der Waals surface area contributed by atoms with Gasteiger partial charge in [-0.05, 0) is 35.4 Å². The number of ether oxygens (including phenoxy) is 1. The van der Waals surface area contributed by atoms with Gasteiger partial charge >= 0.3 is 0 Å². The zero-order chi connectivity index (χ0) is 27.9. The van der Waals surface area contributed by atoms with Gasteiger partial charge in [-0.15, -0.1) is 0 Å². The first-order valence-corrected chi connectivity index (χ1v) is 13.8. The van der Waals surface area contributed by atoms with E-state index >= 15 is 0 Å². The summed E-state index contributed by atoms with van der Waals surface area (Å²) in [5, 5.41) is 11.7. The van der Waals surface area contributed by atoms with Crippen molar-refractivity contribution in [3.63, 3.8) is 0 Å². The average molecular weight is 559 g/mol. The number of benzene rings is 3. The van der Waals surface area contributed by atoms with Crippen molar-refractivity contribution in [1.82, 2.24) is 14.3 Å². The molecule has 1 aliphatic rings. The summed E-state index contributed by atoms with van der Waals surface area (Å²) in [7, 11) is 1.65. The fraction of sp³-hybridized carbons (Fsp3) is 0.276. The number of methoxy groups -OCH3 is 1. The Bertz CT molecular complexity index is 1440. The SMILES string of the molecule is COc1cccc(Cc2nsc(N(CC(=O)N3CCN(c4ccc([N+](=O)[O-])cc4)CC3)Cc3ccccc3)n2)c1. The fourth-order valence-corrected chi connectivity index (χ4v) is 5.35. The van der Waals surface area contributed by atoms with E-state index in [0.717, 1.165) is 22.6 Å². The molecule has 0 atom stereocenters. The molecule has 0 N–H and O–H groups in total. The fourth-order valence-electron chi connectivity index (χ4n) is 4.67. The van der Waals surface area contributed by atoms with Gasteiger partial charge in [0.2, 0.25) is 11.0 Å². The third-order valence-corrected chi connectivity index (χ3v) is 7.64. The Kier molecular flexibility index (Phi) is 8.50. The summed E-state index contributed by atoms with van der Waals surface area (Å²) >= 11 is 1.30. The van der Waals surface area contributed by atoms with Crippen LogP contribution in [0, 0.1) is 10.1 Å². The Morgan fingerprint density at radius 3 is 2.42 bits per heavy atom. The number of nitro benzene ring substituents is 1. The van der Waals surface area contributed by atoms with Gasteiger partial charge in [0.1, 0.15) is 11.6 Å². The van der Waals surface area contributed by atoms with Gasteiger partial charge in [-0.3, -0.25) is 14.9 Å². The number of hydrogen-bond acceptors (Lipinski definition) is 9. The highest BCUT2D eigenvalue weighted by atomic mass is 32.1. The van der Waals surface area contributed by atoms with Gasteiger partial charge in [0.15, 0.2) is 0 Å². The summed E-state index contributed by atoms with van der Waals surface area (Å²) in [6.07, 6.45) is 0.575. The van der Waals surface area contributed by atoms with E-state index < -0.39 is 4.92 Å². The van der Waals surface area contributed by atoms with Crippen LogP contribution in [0.5, 0.6) is 5.75 Å². The normalized spacial score (nSPS) is 13.2. The first-order chi connectivity index (χ1) is 19.5. The second-order valence-corrected chi connectivity index (χ2v) is 10.2. The average Bonchev–Trinajstić information content (AvgIpc) is 3.46. The molecule has 1 amide bonds. The van der Waals surface area contributed by atoms with Gasteiger partial charge in [0.25, 0.3) is 5.69 Å². The van der Waals surface area contributed by atoms with Crippen molar-refractivity contribution in [2.75, 3.05) is 49.6 Å². The summed E-state index contributed by atoms with van der Waals surface area (Å²) in [5.41, 5.74) is 3.13. The van der Waals surface area contributed by atoms with Gasteiger partial charge < -0.3 is 19.4 Å². The van der Waals surface area contributed by atoms with Crippen molar-refractivity contribution < 1.29 is 14.5 Å². The number of carbonyl (C=O) groups excluding carboxylic acids is 1.